The smallest absolute Gasteiger partial charge is 0.267 e. The zero-order valence-corrected chi connectivity index (χ0v) is 16.8. The van der Waals surface area contributed by atoms with Crippen LogP contribution in [0.25, 0.3) is 11.3 Å². The maximum absolute atomic E-state index is 12.5. The number of hydrogen-bond acceptors (Lipinski definition) is 4. The summed E-state index contributed by atoms with van der Waals surface area (Å²) < 4.78 is 1.60. The molecule has 0 atom stereocenters. The van der Waals surface area contributed by atoms with Crippen molar-refractivity contribution in [1.29, 1.82) is 0 Å². The summed E-state index contributed by atoms with van der Waals surface area (Å²) in [5.74, 6) is 0.175. The van der Waals surface area contributed by atoms with Crippen LogP contribution in [0, 0.1) is 0 Å². The fourth-order valence-corrected chi connectivity index (χ4v) is 4.53. The van der Waals surface area contributed by atoms with Gasteiger partial charge in [-0.15, -0.1) is 0 Å². The average molecular weight is 410 g/mol. The molecule has 0 spiro atoms. The third-order valence-electron chi connectivity index (χ3n) is 6.05. The molecule has 1 aliphatic rings. The van der Waals surface area contributed by atoms with E-state index in [-0.39, 0.29) is 22.8 Å². The first kappa shape index (κ1) is 19.7. The number of benzene rings is 2. The number of rotatable bonds is 4. The maximum Gasteiger partial charge on any atom is 0.267 e. The highest BCUT2D eigenvalue weighted by atomic mass is 35.5. The first-order chi connectivity index (χ1) is 14.0. The van der Waals surface area contributed by atoms with E-state index in [0.717, 1.165) is 31.2 Å². The summed E-state index contributed by atoms with van der Waals surface area (Å²) in [5.41, 5.74) is 8.59. The minimum atomic E-state index is -0.117. The van der Waals surface area contributed by atoms with Gasteiger partial charge < -0.3 is 10.8 Å². The number of aromatic nitrogens is 2. The average Bonchev–Trinajstić information content (AvgIpc) is 2.74. The van der Waals surface area contributed by atoms with Crippen LogP contribution < -0.4 is 11.3 Å². The van der Waals surface area contributed by atoms with E-state index < -0.39 is 0 Å². The molecule has 3 aromatic rings. The molecule has 150 valence electrons. The Labute approximate surface area is 174 Å². The van der Waals surface area contributed by atoms with Crippen LogP contribution in [0.3, 0.4) is 0 Å². The van der Waals surface area contributed by atoms with E-state index in [1.165, 1.54) is 5.56 Å². The van der Waals surface area contributed by atoms with Crippen molar-refractivity contribution in [2.45, 2.75) is 37.1 Å². The summed E-state index contributed by atoms with van der Waals surface area (Å²) in [7, 11) is 0. The third-order valence-corrected chi connectivity index (χ3v) is 6.29. The topological polar surface area (TPSA) is 81.1 Å². The van der Waals surface area contributed by atoms with Gasteiger partial charge in [0, 0.05) is 28.6 Å². The SMILES string of the molecule is NCC1(c2cccc(Cl)c2)CCC(n2nc(-c3cccc(O)c3)ccc2=O)CC1. The fourth-order valence-electron chi connectivity index (χ4n) is 4.33. The molecule has 0 amide bonds. The molecule has 1 fully saturated rings. The predicted molar refractivity (Wildman–Crippen MR) is 115 cm³/mol. The van der Waals surface area contributed by atoms with Gasteiger partial charge in [0.2, 0.25) is 0 Å². The van der Waals surface area contributed by atoms with Crippen LogP contribution in [-0.4, -0.2) is 21.4 Å². The Morgan fingerprint density at radius 1 is 1.10 bits per heavy atom. The number of phenols is 1. The van der Waals surface area contributed by atoms with Crippen LogP contribution in [0.2, 0.25) is 5.02 Å². The minimum absolute atomic E-state index is 0.0265. The van der Waals surface area contributed by atoms with Gasteiger partial charge in [-0.2, -0.15) is 5.10 Å². The normalized spacial score (nSPS) is 21.8. The summed E-state index contributed by atoms with van der Waals surface area (Å²) in [6.07, 6.45) is 3.39. The van der Waals surface area contributed by atoms with Crippen LogP contribution in [0.1, 0.15) is 37.3 Å². The molecular weight excluding hydrogens is 386 g/mol. The van der Waals surface area contributed by atoms with E-state index in [9.17, 15) is 9.90 Å². The van der Waals surface area contributed by atoms with Gasteiger partial charge in [0.25, 0.3) is 5.56 Å². The Morgan fingerprint density at radius 2 is 1.86 bits per heavy atom. The molecule has 1 heterocycles. The Kier molecular flexibility index (Phi) is 5.43. The second-order valence-corrected chi connectivity index (χ2v) is 8.21. The lowest BCUT2D eigenvalue weighted by Gasteiger charge is -2.40. The van der Waals surface area contributed by atoms with Crippen molar-refractivity contribution >= 4 is 11.6 Å². The largest absolute Gasteiger partial charge is 0.508 e. The lowest BCUT2D eigenvalue weighted by atomic mass is 9.68. The van der Waals surface area contributed by atoms with Gasteiger partial charge in [-0.1, -0.05) is 35.9 Å². The van der Waals surface area contributed by atoms with Crippen LogP contribution in [0.5, 0.6) is 5.75 Å². The molecule has 0 aliphatic heterocycles. The van der Waals surface area contributed by atoms with Crippen molar-refractivity contribution in [1.82, 2.24) is 9.78 Å². The number of nitrogens with zero attached hydrogens (tertiary/aromatic N) is 2. The zero-order valence-electron chi connectivity index (χ0n) is 16.1. The van der Waals surface area contributed by atoms with Crippen LogP contribution in [0.15, 0.2) is 65.5 Å². The Balaban J connectivity index is 1.60. The molecule has 3 N–H and O–H groups in total. The van der Waals surface area contributed by atoms with E-state index in [1.54, 1.807) is 35.0 Å². The molecule has 4 rings (SSSR count). The first-order valence-electron chi connectivity index (χ1n) is 9.86. The number of aromatic hydroxyl groups is 1. The molecule has 0 bridgehead atoms. The van der Waals surface area contributed by atoms with E-state index in [1.807, 2.05) is 24.3 Å². The highest BCUT2D eigenvalue weighted by molar-refractivity contribution is 6.30. The first-order valence-corrected chi connectivity index (χ1v) is 10.2. The summed E-state index contributed by atoms with van der Waals surface area (Å²) in [6.45, 7) is 0.547. The molecule has 6 heteroatoms. The van der Waals surface area contributed by atoms with Crippen LogP contribution in [-0.2, 0) is 5.41 Å². The summed E-state index contributed by atoms with van der Waals surface area (Å²) in [6, 6.07) is 18.1. The molecule has 5 nitrogen and oxygen atoms in total. The molecule has 1 aliphatic carbocycles. The molecule has 1 aromatic heterocycles. The molecule has 0 saturated heterocycles. The standard InChI is InChI=1S/C23H24ClN3O2/c24-18-5-2-4-17(14-18)23(15-25)11-9-19(10-12-23)27-22(29)8-7-21(26-27)16-3-1-6-20(28)13-16/h1-8,13-14,19,28H,9-12,15,25H2. The maximum atomic E-state index is 12.5. The Hall–Kier alpha value is -2.63. The summed E-state index contributed by atoms with van der Waals surface area (Å²) in [5, 5.41) is 15.1. The number of nitrogens with two attached hydrogens (primary N) is 1. The van der Waals surface area contributed by atoms with Gasteiger partial charge in [-0.3, -0.25) is 4.79 Å². The van der Waals surface area contributed by atoms with E-state index in [4.69, 9.17) is 17.3 Å². The van der Waals surface area contributed by atoms with Crippen molar-refractivity contribution in [3.63, 3.8) is 0 Å². The minimum Gasteiger partial charge on any atom is -0.508 e. The molecule has 0 radical (unpaired) electrons. The molecule has 2 aromatic carbocycles. The van der Waals surface area contributed by atoms with E-state index >= 15 is 0 Å². The van der Waals surface area contributed by atoms with E-state index in [0.29, 0.717) is 17.3 Å². The van der Waals surface area contributed by atoms with Crippen LogP contribution in [0.4, 0.5) is 0 Å². The van der Waals surface area contributed by atoms with Gasteiger partial charge in [-0.05, 0) is 61.6 Å². The fraction of sp³-hybridized carbons (Fsp3) is 0.304. The van der Waals surface area contributed by atoms with Gasteiger partial charge in [0.1, 0.15) is 5.75 Å². The third kappa shape index (κ3) is 3.93. The quantitative estimate of drug-likeness (QED) is 0.673. The zero-order chi connectivity index (χ0) is 20.4. The second kappa shape index (κ2) is 8.01. The van der Waals surface area contributed by atoms with Gasteiger partial charge >= 0.3 is 0 Å². The van der Waals surface area contributed by atoms with Crippen LogP contribution >= 0.6 is 11.6 Å². The Morgan fingerprint density at radius 3 is 2.55 bits per heavy atom. The lowest BCUT2D eigenvalue weighted by Crippen LogP contribution is -2.41. The highest BCUT2D eigenvalue weighted by Crippen LogP contribution is 2.42. The molecule has 1 saturated carbocycles. The van der Waals surface area contributed by atoms with Gasteiger partial charge in [-0.25, -0.2) is 4.68 Å². The lowest BCUT2D eigenvalue weighted by molar-refractivity contribution is 0.222. The summed E-state index contributed by atoms with van der Waals surface area (Å²) in [4.78, 5) is 12.5. The predicted octanol–water partition coefficient (Wildman–Crippen LogP) is 4.28. The van der Waals surface area contributed by atoms with Crippen molar-refractivity contribution in [3.05, 3.63) is 81.6 Å². The van der Waals surface area contributed by atoms with Crippen molar-refractivity contribution in [3.8, 4) is 17.0 Å². The Bertz CT molecular complexity index is 1070. The van der Waals surface area contributed by atoms with Gasteiger partial charge in [0.15, 0.2) is 0 Å². The second-order valence-electron chi connectivity index (χ2n) is 7.78. The number of halogens is 1. The van der Waals surface area contributed by atoms with Crippen molar-refractivity contribution in [2.24, 2.45) is 5.73 Å². The monoisotopic (exact) mass is 409 g/mol. The number of phenolic OH excluding ortho intramolecular Hbond substituents is 1. The summed E-state index contributed by atoms with van der Waals surface area (Å²) >= 11 is 6.20. The molecule has 0 unspecified atom stereocenters. The number of hydrogen-bond donors (Lipinski definition) is 2. The van der Waals surface area contributed by atoms with Crippen molar-refractivity contribution in [2.75, 3.05) is 6.54 Å². The van der Waals surface area contributed by atoms with Gasteiger partial charge in [0.05, 0.1) is 11.7 Å². The van der Waals surface area contributed by atoms with E-state index in [2.05, 4.69) is 11.2 Å². The van der Waals surface area contributed by atoms with Crippen molar-refractivity contribution < 1.29 is 5.11 Å². The molecule has 29 heavy (non-hydrogen) atoms. The highest BCUT2D eigenvalue weighted by Gasteiger charge is 2.37. The molecular formula is C23H24ClN3O2.